The summed E-state index contributed by atoms with van der Waals surface area (Å²) < 4.78 is 2.86. The molecule has 0 bridgehead atoms. The highest BCUT2D eigenvalue weighted by molar-refractivity contribution is 5.99. The summed E-state index contributed by atoms with van der Waals surface area (Å²) in [5, 5.41) is 12.7. The van der Waals surface area contributed by atoms with Crippen LogP contribution in [-0.2, 0) is 7.05 Å². The SMILES string of the molecule is Cn1cc2c(=N)n(NC(=O)c3ccccc3)cnc2n1. The van der Waals surface area contributed by atoms with Crippen LogP contribution in [0.3, 0.4) is 0 Å². The second kappa shape index (κ2) is 4.61. The van der Waals surface area contributed by atoms with Crippen LogP contribution in [0.4, 0.5) is 0 Å². The van der Waals surface area contributed by atoms with E-state index in [2.05, 4.69) is 15.5 Å². The molecule has 20 heavy (non-hydrogen) atoms. The minimum Gasteiger partial charge on any atom is -0.282 e. The van der Waals surface area contributed by atoms with Crippen molar-refractivity contribution in [2.45, 2.75) is 0 Å². The molecular weight excluding hydrogens is 256 g/mol. The van der Waals surface area contributed by atoms with Crippen LogP contribution in [0.2, 0.25) is 0 Å². The highest BCUT2D eigenvalue weighted by Gasteiger charge is 2.08. The summed E-state index contributed by atoms with van der Waals surface area (Å²) >= 11 is 0. The maximum Gasteiger partial charge on any atom is 0.270 e. The van der Waals surface area contributed by atoms with E-state index in [9.17, 15) is 4.79 Å². The number of nitrogens with one attached hydrogen (secondary N) is 2. The van der Waals surface area contributed by atoms with Crippen molar-refractivity contribution in [1.82, 2.24) is 19.4 Å². The first-order valence-corrected chi connectivity index (χ1v) is 5.97. The van der Waals surface area contributed by atoms with Crippen molar-refractivity contribution in [2.75, 3.05) is 5.43 Å². The van der Waals surface area contributed by atoms with Crippen LogP contribution in [0, 0.1) is 5.41 Å². The molecule has 0 aliphatic heterocycles. The normalized spacial score (nSPS) is 10.7. The average molecular weight is 268 g/mol. The molecule has 0 spiro atoms. The zero-order valence-corrected chi connectivity index (χ0v) is 10.7. The van der Waals surface area contributed by atoms with E-state index in [1.807, 2.05) is 6.07 Å². The van der Waals surface area contributed by atoms with Gasteiger partial charge in [-0.05, 0) is 12.1 Å². The van der Waals surface area contributed by atoms with E-state index >= 15 is 0 Å². The average Bonchev–Trinajstić information content (AvgIpc) is 2.84. The molecule has 2 aromatic heterocycles. The first-order valence-electron chi connectivity index (χ1n) is 5.97. The van der Waals surface area contributed by atoms with Crippen molar-refractivity contribution < 1.29 is 4.79 Å². The number of nitrogens with zero attached hydrogens (tertiary/aromatic N) is 4. The Bertz CT molecular complexity index is 833. The number of carbonyl (C=O) groups excluding carboxylic acids is 1. The molecule has 0 fully saturated rings. The Hall–Kier alpha value is -2.96. The Kier molecular flexibility index (Phi) is 2.79. The van der Waals surface area contributed by atoms with Crippen LogP contribution in [0.5, 0.6) is 0 Å². The monoisotopic (exact) mass is 268 g/mol. The second-order valence-corrected chi connectivity index (χ2v) is 4.31. The quantitative estimate of drug-likeness (QED) is 0.714. The van der Waals surface area contributed by atoms with Gasteiger partial charge in [-0.1, -0.05) is 18.2 Å². The summed E-state index contributed by atoms with van der Waals surface area (Å²) in [6.45, 7) is 0. The lowest BCUT2D eigenvalue weighted by molar-refractivity contribution is 0.101. The number of fused-ring (bicyclic) bond motifs is 1. The predicted molar refractivity (Wildman–Crippen MR) is 72.5 cm³/mol. The van der Waals surface area contributed by atoms with Gasteiger partial charge in [-0.15, -0.1) is 0 Å². The van der Waals surface area contributed by atoms with E-state index in [-0.39, 0.29) is 11.4 Å². The van der Waals surface area contributed by atoms with Crippen molar-refractivity contribution in [3.05, 3.63) is 53.9 Å². The molecule has 0 atom stereocenters. The molecule has 3 aromatic rings. The number of hydrogen-bond acceptors (Lipinski definition) is 4. The van der Waals surface area contributed by atoms with Gasteiger partial charge in [0.05, 0.1) is 5.39 Å². The summed E-state index contributed by atoms with van der Waals surface area (Å²) in [6, 6.07) is 8.81. The molecule has 0 unspecified atom stereocenters. The van der Waals surface area contributed by atoms with Crippen LogP contribution in [0.15, 0.2) is 42.9 Å². The molecule has 7 heteroatoms. The third kappa shape index (κ3) is 2.05. The van der Waals surface area contributed by atoms with Crippen molar-refractivity contribution >= 4 is 16.9 Å². The highest BCUT2D eigenvalue weighted by atomic mass is 16.2. The maximum atomic E-state index is 12.0. The number of aromatic nitrogens is 4. The standard InChI is InChI=1S/C13H12N6O/c1-18-7-10-11(14)19(8-15-12(10)16-18)17-13(20)9-5-3-2-4-6-9/h2-8,14H,1H3,(H,17,20). The van der Waals surface area contributed by atoms with Gasteiger partial charge in [-0.2, -0.15) is 5.10 Å². The number of carbonyl (C=O) groups is 1. The molecule has 3 rings (SSSR count). The summed E-state index contributed by atoms with van der Waals surface area (Å²) in [4.78, 5) is 16.1. The smallest absolute Gasteiger partial charge is 0.270 e. The number of aryl methyl sites for hydroxylation is 1. The number of amides is 1. The minimum atomic E-state index is -0.297. The molecule has 2 heterocycles. The van der Waals surface area contributed by atoms with Gasteiger partial charge in [-0.25, -0.2) is 9.66 Å². The summed E-state index contributed by atoms with van der Waals surface area (Å²) in [6.07, 6.45) is 3.06. The summed E-state index contributed by atoms with van der Waals surface area (Å²) in [7, 11) is 1.76. The third-order valence-corrected chi connectivity index (χ3v) is 2.86. The van der Waals surface area contributed by atoms with Gasteiger partial charge in [-0.3, -0.25) is 20.3 Å². The lowest BCUT2D eigenvalue weighted by Crippen LogP contribution is -2.33. The van der Waals surface area contributed by atoms with Gasteiger partial charge in [0, 0.05) is 18.8 Å². The van der Waals surface area contributed by atoms with E-state index in [0.717, 1.165) is 0 Å². The van der Waals surface area contributed by atoms with Crippen molar-refractivity contribution in [1.29, 1.82) is 5.41 Å². The zero-order chi connectivity index (χ0) is 14.1. The largest absolute Gasteiger partial charge is 0.282 e. The number of hydrogen-bond donors (Lipinski definition) is 2. The third-order valence-electron chi connectivity index (χ3n) is 2.86. The molecule has 0 saturated heterocycles. The molecular formula is C13H12N6O. The molecule has 1 aromatic carbocycles. The van der Waals surface area contributed by atoms with Gasteiger partial charge < -0.3 is 0 Å². The fourth-order valence-electron chi connectivity index (χ4n) is 1.89. The molecule has 0 aliphatic rings. The summed E-state index contributed by atoms with van der Waals surface area (Å²) in [5.74, 6) is -0.297. The molecule has 100 valence electrons. The fraction of sp³-hybridized carbons (Fsp3) is 0.0769. The zero-order valence-electron chi connectivity index (χ0n) is 10.7. The second-order valence-electron chi connectivity index (χ2n) is 4.31. The van der Waals surface area contributed by atoms with E-state index in [1.54, 1.807) is 42.2 Å². The lowest BCUT2D eigenvalue weighted by atomic mass is 10.2. The maximum absolute atomic E-state index is 12.0. The topological polar surface area (TPSA) is 88.6 Å². The van der Waals surface area contributed by atoms with Gasteiger partial charge >= 0.3 is 0 Å². The van der Waals surface area contributed by atoms with Crippen molar-refractivity contribution in [2.24, 2.45) is 7.05 Å². The molecule has 0 aliphatic carbocycles. The van der Waals surface area contributed by atoms with Gasteiger partial charge in [0.2, 0.25) is 0 Å². The van der Waals surface area contributed by atoms with E-state index < -0.39 is 0 Å². The van der Waals surface area contributed by atoms with Gasteiger partial charge in [0.15, 0.2) is 11.1 Å². The Morgan fingerprint density at radius 2 is 2.05 bits per heavy atom. The first kappa shape index (κ1) is 12.1. The van der Waals surface area contributed by atoms with Gasteiger partial charge in [0.1, 0.15) is 6.33 Å². The van der Waals surface area contributed by atoms with Gasteiger partial charge in [0.25, 0.3) is 5.91 Å². The predicted octanol–water partition coefficient (Wildman–Crippen LogP) is 0.633. The number of benzene rings is 1. The van der Waals surface area contributed by atoms with Crippen molar-refractivity contribution in [3.8, 4) is 0 Å². The highest BCUT2D eigenvalue weighted by Crippen LogP contribution is 2.02. The van der Waals surface area contributed by atoms with Crippen LogP contribution < -0.4 is 10.9 Å². The molecule has 0 saturated carbocycles. The van der Waals surface area contributed by atoms with E-state index in [1.165, 1.54) is 11.0 Å². The fourth-order valence-corrected chi connectivity index (χ4v) is 1.89. The van der Waals surface area contributed by atoms with E-state index in [4.69, 9.17) is 5.41 Å². The molecule has 7 nitrogen and oxygen atoms in total. The summed E-state index contributed by atoms with van der Waals surface area (Å²) in [5.41, 5.74) is 3.74. The van der Waals surface area contributed by atoms with E-state index in [0.29, 0.717) is 16.6 Å². The Balaban J connectivity index is 1.97. The van der Waals surface area contributed by atoms with Crippen LogP contribution >= 0.6 is 0 Å². The van der Waals surface area contributed by atoms with Crippen molar-refractivity contribution in [3.63, 3.8) is 0 Å². The Morgan fingerprint density at radius 3 is 2.80 bits per heavy atom. The first-order chi connectivity index (χ1) is 9.65. The minimum absolute atomic E-state index is 0.132. The Morgan fingerprint density at radius 1 is 1.30 bits per heavy atom. The Labute approximate surface area is 114 Å². The van der Waals surface area contributed by atoms with Crippen LogP contribution in [-0.4, -0.2) is 25.3 Å². The van der Waals surface area contributed by atoms with Crippen LogP contribution in [0.25, 0.3) is 11.0 Å². The number of rotatable bonds is 2. The molecule has 2 N–H and O–H groups in total. The lowest BCUT2D eigenvalue weighted by Gasteiger charge is -2.08. The van der Waals surface area contributed by atoms with Crippen LogP contribution in [0.1, 0.15) is 10.4 Å². The molecule has 0 radical (unpaired) electrons. The molecule has 1 amide bonds.